The summed E-state index contributed by atoms with van der Waals surface area (Å²) in [5, 5.41) is 13.8. The fourth-order valence-electron chi connectivity index (χ4n) is 4.21. The first-order chi connectivity index (χ1) is 16.5. The summed E-state index contributed by atoms with van der Waals surface area (Å²) in [4.78, 5) is 26.4. The van der Waals surface area contributed by atoms with Crippen LogP contribution in [0.15, 0.2) is 75.9 Å². The predicted molar refractivity (Wildman–Crippen MR) is 125 cm³/mol. The van der Waals surface area contributed by atoms with Crippen LogP contribution in [0.1, 0.15) is 17.0 Å². The number of rotatable bonds is 5. The number of carbonyl (C=O) groups is 1. The SMILES string of the molecule is COc1ccc(NC(=O)[C@H]2Oc3c(c(=O)oc4ccccc34)[C@H]2c2ccc(OC)c(O)c2)cc1. The summed E-state index contributed by atoms with van der Waals surface area (Å²) in [5.74, 6) is -0.170. The predicted octanol–water partition coefficient (Wildman–Crippen LogP) is 4.05. The Kier molecular flexibility index (Phi) is 5.33. The van der Waals surface area contributed by atoms with E-state index in [0.717, 1.165) is 0 Å². The lowest BCUT2D eigenvalue weighted by Crippen LogP contribution is -2.35. The van der Waals surface area contributed by atoms with Gasteiger partial charge in [0.25, 0.3) is 5.91 Å². The van der Waals surface area contributed by atoms with Crippen molar-refractivity contribution in [3.63, 3.8) is 0 Å². The van der Waals surface area contributed by atoms with Gasteiger partial charge in [0.05, 0.1) is 31.1 Å². The molecule has 8 heteroatoms. The van der Waals surface area contributed by atoms with Crippen LogP contribution in [0.3, 0.4) is 0 Å². The minimum absolute atomic E-state index is 0.118. The molecule has 0 bridgehead atoms. The van der Waals surface area contributed by atoms with Gasteiger partial charge in [-0.15, -0.1) is 0 Å². The molecule has 1 aromatic heterocycles. The first kappa shape index (κ1) is 21.4. The molecule has 1 aliphatic heterocycles. The topological polar surface area (TPSA) is 107 Å². The Balaban J connectivity index is 1.61. The highest BCUT2D eigenvalue weighted by molar-refractivity contribution is 5.97. The highest BCUT2D eigenvalue weighted by atomic mass is 16.5. The van der Waals surface area contributed by atoms with Crippen molar-refractivity contribution in [1.82, 2.24) is 0 Å². The molecule has 1 amide bonds. The third-order valence-corrected chi connectivity index (χ3v) is 5.84. The van der Waals surface area contributed by atoms with Crippen molar-refractivity contribution >= 4 is 22.6 Å². The first-order valence-electron chi connectivity index (χ1n) is 10.5. The number of amides is 1. The Labute approximate surface area is 194 Å². The van der Waals surface area contributed by atoms with Gasteiger partial charge in [-0.25, -0.2) is 4.79 Å². The molecular weight excluding hydrogens is 438 g/mol. The maximum atomic E-state index is 13.4. The second-order valence-corrected chi connectivity index (χ2v) is 7.79. The maximum absolute atomic E-state index is 13.4. The van der Waals surface area contributed by atoms with Gasteiger partial charge < -0.3 is 29.1 Å². The average molecular weight is 459 g/mol. The van der Waals surface area contributed by atoms with E-state index in [1.165, 1.54) is 13.2 Å². The molecule has 5 rings (SSSR count). The number of anilines is 1. The molecule has 3 aromatic carbocycles. The summed E-state index contributed by atoms with van der Waals surface area (Å²) < 4.78 is 22.0. The van der Waals surface area contributed by atoms with Crippen molar-refractivity contribution in [3.05, 3.63) is 88.3 Å². The Bertz CT molecular complexity index is 1440. The number of phenols is 1. The smallest absolute Gasteiger partial charge is 0.344 e. The second-order valence-electron chi connectivity index (χ2n) is 7.79. The van der Waals surface area contributed by atoms with Crippen LogP contribution in [-0.4, -0.2) is 31.3 Å². The molecule has 2 heterocycles. The zero-order valence-corrected chi connectivity index (χ0v) is 18.4. The minimum atomic E-state index is -1.08. The number of benzene rings is 3. The lowest BCUT2D eigenvalue weighted by Gasteiger charge is -2.19. The molecule has 0 radical (unpaired) electrons. The Morgan fingerprint density at radius 2 is 1.76 bits per heavy atom. The van der Waals surface area contributed by atoms with Crippen LogP contribution in [0.25, 0.3) is 11.0 Å². The minimum Gasteiger partial charge on any atom is -0.504 e. The molecular formula is C26H21NO7. The lowest BCUT2D eigenvalue weighted by atomic mass is 9.88. The van der Waals surface area contributed by atoms with Crippen molar-refractivity contribution in [2.24, 2.45) is 0 Å². The van der Waals surface area contributed by atoms with Gasteiger partial charge in [0.1, 0.15) is 17.1 Å². The summed E-state index contributed by atoms with van der Waals surface area (Å²) in [6.07, 6.45) is -1.08. The molecule has 2 atom stereocenters. The van der Waals surface area contributed by atoms with Crippen LogP contribution in [0, 0.1) is 0 Å². The Hall–Kier alpha value is -4.46. The van der Waals surface area contributed by atoms with E-state index in [4.69, 9.17) is 18.6 Å². The summed E-state index contributed by atoms with van der Waals surface area (Å²) in [6.45, 7) is 0. The highest BCUT2D eigenvalue weighted by Gasteiger charge is 2.44. The van der Waals surface area contributed by atoms with Crippen LogP contribution >= 0.6 is 0 Å². The van der Waals surface area contributed by atoms with Gasteiger partial charge in [-0.1, -0.05) is 18.2 Å². The van der Waals surface area contributed by atoms with E-state index in [1.807, 2.05) is 0 Å². The number of aromatic hydroxyl groups is 1. The number of hydrogen-bond acceptors (Lipinski definition) is 7. The van der Waals surface area contributed by atoms with E-state index in [0.29, 0.717) is 33.7 Å². The van der Waals surface area contributed by atoms with Crippen LogP contribution in [0.5, 0.6) is 23.0 Å². The van der Waals surface area contributed by atoms with Crippen molar-refractivity contribution in [3.8, 4) is 23.0 Å². The zero-order valence-electron chi connectivity index (χ0n) is 18.4. The molecule has 4 aromatic rings. The van der Waals surface area contributed by atoms with Crippen LogP contribution < -0.4 is 25.2 Å². The maximum Gasteiger partial charge on any atom is 0.344 e. The van der Waals surface area contributed by atoms with Crippen molar-refractivity contribution in [2.75, 3.05) is 19.5 Å². The number of phenolic OH excluding ortho intramolecular Hbond substituents is 1. The van der Waals surface area contributed by atoms with Gasteiger partial charge in [0, 0.05) is 5.69 Å². The number of fused-ring (bicyclic) bond motifs is 3. The Morgan fingerprint density at radius 1 is 1.00 bits per heavy atom. The number of nitrogens with one attached hydrogen (secondary N) is 1. The average Bonchev–Trinajstić information content (AvgIpc) is 3.26. The fraction of sp³-hybridized carbons (Fsp3) is 0.154. The molecule has 0 unspecified atom stereocenters. The van der Waals surface area contributed by atoms with Crippen LogP contribution in [0.4, 0.5) is 5.69 Å². The molecule has 0 spiro atoms. The third-order valence-electron chi connectivity index (χ3n) is 5.84. The van der Waals surface area contributed by atoms with E-state index < -0.39 is 23.6 Å². The summed E-state index contributed by atoms with van der Waals surface area (Å²) >= 11 is 0. The van der Waals surface area contributed by atoms with Gasteiger partial charge >= 0.3 is 5.63 Å². The normalized spacial score (nSPS) is 16.5. The molecule has 172 valence electrons. The largest absolute Gasteiger partial charge is 0.504 e. The molecule has 0 fully saturated rings. The van der Waals surface area contributed by atoms with Crippen LogP contribution in [0.2, 0.25) is 0 Å². The molecule has 1 aliphatic rings. The van der Waals surface area contributed by atoms with Crippen molar-refractivity contribution < 1.29 is 28.5 Å². The van der Waals surface area contributed by atoms with Crippen molar-refractivity contribution in [1.29, 1.82) is 0 Å². The standard InChI is InChI=1S/C26H21NO7/c1-31-16-10-8-15(9-11-16)27-25(29)24-21(14-7-12-20(32-2)18(28)13-14)22-23(34-24)17-5-3-4-6-19(17)33-26(22)30/h3-13,21,24,28H,1-2H3,(H,27,29)/t21-,24+/m1/s1. The monoisotopic (exact) mass is 459 g/mol. The number of ether oxygens (including phenoxy) is 3. The zero-order chi connectivity index (χ0) is 23.8. The summed E-state index contributed by atoms with van der Waals surface area (Å²) in [6, 6.07) is 18.6. The Morgan fingerprint density at radius 3 is 2.47 bits per heavy atom. The third kappa shape index (κ3) is 3.59. The first-order valence-corrected chi connectivity index (χ1v) is 10.5. The number of methoxy groups -OCH3 is 2. The molecule has 8 nitrogen and oxygen atoms in total. The van der Waals surface area contributed by atoms with E-state index in [-0.39, 0.29) is 17.1 Å². The van der Waals surface area contributed by atoms with Gasteiger partial charge in [-0.3, -0.25) is 4.79 Å². The number of carbonyl (C=O) groups excluding carboxylic acids is 1. The van der Waals surface area contributed by atoms with Gasteiger partial charge in [-0.2, -0.15) is 0 Å². The lowest BCUT2D eigenvalue weighted by molar-refractivity contribution is -0.122. The van der Waals surface area contributed by atoms with Crippen LogP contribution in [-0.2, 0) is 4.79 Å². The number of para-hydroxylation sites is 1. The fourth-order valence-corrected chi connectivity index (χ4v) is 4.21. The van der Waals surface area contributed by atoms with Crippen molar-refractivity contribution in [2.45, 2.75) is 12.0 Å². The van der Waals surface area contributed by atoms with E-state index in [9.17, 15) is 14.7 Å². The second kappa shape index (κ2) is 8.47. The molecule has 2 N–H and O–H groups in total. The van der Waals surface area contributed by atoms with E-state index in [1.54, 1.807) is 67.8 Å². The van der Waals surface area contributed by atoms with Gasteiger partial charge in [-0.05, 0) is 54.1 Å². The summed E-state index contributed by atoms with van der Waals surface area (Å²) in [7, 11) is 3.00. The van der Waals surface area contributed by atoms with Gasteiger partial charge in [0.15, 0.2) is 17.6 Å². The summed E-state index contributed by atoms with van der Waals surface area (Å²) in [5.41, 5.74) is 1.03. The van der Waals surface area contributed by atoms with Gasteiger partial charge in [0.2, 0.25) is 0 Å². The molecule has 0 saturated heterocycles. The quantitative estimate of drug-likeness (QED) is 0.434. The number of hydrogen-bond donors (Lipinski definition) is 2. The molecule has 0 aliphatic carbocycles. The molecule has 34 heavy (non-hydrogen) atoms. The van der Waals surface area contributed by atoms with E-state index in [2.05, 4.69) is 5.32 Å². The molecule has 0 saturated carbocycles. The van der Waals surface area contributed by atoms with E-state index >= 15 is 0 Å². The highest BCUT2D eigenvalue weighted by Crippen LogP contribution is 2.45.